The molecule has 176 valence electrons. The molecule has 0 atom stereocenters. The molecule has 1 N–H and O–H groups in total. The number of anilines is 2. The third-order valence-corrected chi connectivity index (χ3v) is 9.00. The zero-order valence-electron chi connectivity index (χ0n) is 18.2. The summed E-state index contributed by atoms with van der Waals surface area (Å²) in [6.07, 6.45) is 0. The predicted molar refractivity (Wildman–Crippen MR) is 139 cm³/mol. The van der Waals surface area contributed by atoms with E-state index in [9.17, 15) is 13.2 Å². The Morgan fingerprint density at radius 1 is 1.06 bits per heavy atom. The second-order valence-electron chi connectivity index (χ2n) is 7.23. The number of rotatable bonds is 7. The monoisotopic (exact) mass is 534 g/mol. The van der Waals surface area contributed by atoms with Crippen LogP contribution < -0.4 is 14.4 Å². The molecule has 0 spiro atoms. The number of halogens is 2. The van der Waals surface area contributed by atoms with E-state index in [2.05, 4.69) is 5.32 Å². The van der Waals surface area contributed by atoms with Crippen molar-refractivity contribution in [3.63, 3.8) is 0 Å². The quantitative estimate of drug-likeness (QED) is 0.286. The van der Waals surface area contributed by atoms with Gasteiger partial charge in [0, 0.05) is 11.2 Å². The van der Waals surface area contributed by atoms with Gasteiger partial charge in [0.25, 0.3) is 15.9 Å². The first-order valence-corrected chi connectivity index (χ1v) is 13.2. The number of nitrogens with zero attached hydrogens (tertiary/aromatic N) is 1. The van der Waals surface area contributed by atoms with E-state index in [1.807, 2.05) is 6.07 Å². The fraction of sp³-hybridized carbons (Fsp3) is 0.125. The minimum Gasteiger partial charge on any atom is -0.497 e. The van der Waals surface area contributed by atoms with Crippen LogP contribution in [0.4, 0.5) is 11.4 Å². The highest BCUT2D eigenvalue weighted by atomic mass is 35.5. The lowest BCUT2D eigenvalue weighted by molar-refractivity contribution is 0.103. The first-order chi connectivity index (χ1) is 16.2. The summed E-state index contributed by atoms with van der Waals surface area (Å²) in [5.74, 6) is 0.247. The summed E-state index contributed by atoms with van der Waals surface area (Å²) in [5.41, 5.74) is 0.925. The van der Waals surface area contributed by atoms with Crippen LogP contribution in [-0.2, 0) is 10.0 Å². The average molecular weight is 535 g/mol. The standard InChI is InChI=1S/C24H20Cl2N2O4S2/c1-3-28(34(30,31)18-10-8-17(32-2)9-11-18)16-7-12-21-15(13-16)14-22(33-21)24(29)27-20-6-4-5-19(25)23(20)26/h4-14H,3H2,1-2H3,(H,27,29). The Hall–Kier alpha value is -2.78. The predicted octanol–water partition coefficient (Wildman–Crippen LogP) is 6.68. The molecular weight excluding hydrogens is 515 g/mol. The molecule has 0 aliphatic heterocycles. The molecule has 0 bridgehead atoms. The van der Waals surface area contributed by atoms with E-state index >= 15 is 0 Å². The van der Waals surface area contributed by atoms with E-state index in [4.69, 9.17) is 27.9 Å². The topological polar surface area (TPSA) is 75.7 Å². The number of hydrogen-bond donors (Lipinski definition) is 1. The fourth-order valence-corrected chi connectivity index (χ4v) is 6.20. The number of sulfonamides is 1. The Balaban J connectivity index is 1.64. The number of carbonyl (C=O) groups excluding carboxylic acids is 1. The molecule has 0 unspecified atom stereocenters. The number of ether oxygens (including phenoxy) is 1. The van der Waals surface area contributed by atoms with Crippen LogP contribution in [0.5, 0.6) is 5.75 Å². The highest BCUT2D eigenvalue weighted by Gasteiger charge is 2.24. The van der Waals surface area contributed by atoms with Gasteiger partial charge in [0.2, 0.25) is 0 Å². The zero-order valence-corrected chi connectivity index (χ0v) is 21.4. The van der Waals surface area contributed by atoms with Crippen LogP contribution >= 0.6 is 34.5 Å². The van der Waals surface area contributed by atoms with E-state index in [1.54, 1.807) is 55.5 Å². The fourth-order valence-electron chi connectivity index (χ4n) is 3.45. The van der Waals surface area contributed by atoms with Gasteiger partial charge >= 0.3 is 0 Å². The van der Waals surface area contributed by atoms with Crippen molar-refractivity contribution in [2.75, 3.05) is 23.3 Å². The molecule has 1 aromatic heterocycles. The highest BCUT2D eigenvalue weighted by Crippen LogP contribution is 2.34. The van der Waals surface area contributed by atoms with E-state index in [0.717, 1.165) is 10.1 Å². The van der Waals surface area contributed by atoms with E-state index in [1.165, 1.54) is 34.9 Å². The van der Waals surface area contributed by atoms with Crippen LogP contribution in [0, 0.1) is 0 Å². The van der Waals surface area contributed by atoms with Gasteiger partial charge in [0.05, 0.1) is 38.3 Å². The van der Waals surface area contributed by atoms with Crippen molar-refractivity contribution in [1.82, 2.24) is 0 Å². The molecule has 1 heterocycles. The van der Waals surface area contributed by atoms with Crippen LogP contribution in [-0.4, -0.2) is 28.0 Å². The van der Waals surface area contributed by atoms with Crippen LogP contribution in [0.1, 0.15) is 16.6 Å². The number of fused-ring (bicyclic) bond motifs is 1. The molecule has 0 saturated carbocycles. The van der Waals surface area contributed by atoms with Gasteiger partial charge in [-0.05, 0) is 73.0 Å². The van der Waals surface area contributed by atoms with Crippen LogP contribution in [0.3, 0.4) is 0 Å². The molecule has 4 rings (SSSR count). The van der Waals surface area contributed by atoms with E-state index < -0.39 is 10.0 Å². The molecule has 0 saturated heterocycles. The maximum atomic E-state index is 13.3. The second kappa shape index (κ2) is 9.84. The van der Waals surface area contributed by atoms with Gasteiger partial charge in [-0.1, -0.05) is 29.3 Å². The number of hydrogen-bond acceptors (Lipinski definition) is 5. The first kappa shape index (κ1) is 24.3. The van der Waals surface area contributed by atoms with Gasteiger partial charge in [-0.3, -0.25) is 9.10 Å². The summed E-state index contributed by atoms with van der Waals surface area (Å²) in [7, 11) is -2.26. The van der Waals surface area contributed by atoms with Gasteiger partial charge in [0.15, 0.2) is 0 Å². The summed E-state index contributed by atoms with van der Waals surface area (Å²) in [4.78, 5) is 13.4. The van der Waals surface area contributed by atoms with Gasteiger partial charge < -0.3 is 10.1 Å². The normalized spacial score (nSPS) is 11.4. The largest absolute Gasteiger partial charge is 0.497 e. The number of nitrogens with one attached hydrogen (secondary N) is 1. The minimum absolute atomic E-state index is 0.166. The summed E-state index contributed by atoms with van der Waals surface area (Å²) >= 11 is 13.5. The Bertz CT molecular complexity index is 1470. The molecule has 4 aromatic rings. The van der Waals surface area contributed by atoms with Crippen molar-refractivity contribution in [2.24, 2.45) is 0 Å². The number of benzene rings is 3. The summed E-state index contributed by atoms with van der Waals surface area (Å²) < 4.78 is 33.9. The molecule has 10 heteroatoms. The van der Waals surface area contributed by atoms with E-state index in [-0.39, 0.29) is 22.4 Å². The maximum Gasteiger partial charge on any atom is 0.265 e. The number of carbonyl (C=O) groups is 1. The molecule has 0 radical (unpaired) electrons. The molecule has 34 heavy (non-hydrogen) atoms. The van der Waals surface area contributed by atoms with Gasteiger partial charge in [-0.25, -0.2) is 8.42 Å². The van der Waals surface area contributed by atoms with Crippen molar-refractivity contribution in [3.8, 4) is 5.75 Å². The third kappa shape index (κ3) is 4.72. The SMILES string of the molecule is CCN(c1ccc2sc(C(=O)Nc3cccc(Cl)c3Cl)cc2c1)S(=O)(=O)c1ccc(OC)cc1. The number of methoxy groups -OCH3 is 1. The molecule has 0 aliphatic carbocycles. The Morgan fingerprint density at radius 3 is 2.47 bits per heavy atom. The lowest BCUT2D eigenvalue weighted by Crippen LogP contribution is -2.30. The Morgan fingerprint density at radius 2 is 1.79 bits per heavy atom. The van der Waals surface area contributed by atoms with Crippen molar-refractivity contribution < 1.29 is 17.9 Å². The Labute approximate surface area is 211 Å². The smallest absolute Gasteiger partial charge is 0.265 e. The van der Waals surface area contributed by atoms with Crippen LogP contribution in [0.2, 0.25) is 10.0 Å². The molecular formula is C24H20Cl2N2O4S2. The van der Waals surface area contributed by atoms with Crippen molar-refractivity contribution >= 4 is 71.9 Å². The second-order valence-corrected chi connectivity index (χ2v) is 11.0. The third-order valence-electron chi connectivity index (χ3n) is 5.15. The average Bonchev–Trinajstić information content (AvgIpc) is 3.26. The van der Waals surface area contributed by atoms with Crippen molar-refractivity contribution in [3.05, 3.63) is 81.7 Å². The lowest BCUT2D eigenvalue weighted by atomic mass is 10.2. The van der Waals surface area contributed by atoms with Gasteiger partial charge in [-0.15, -0.1) is 11.3 Å². The van der Waals surface area contributed by atoms with Crippen molar-refractivity contribution in [2.45, 2.75) is 11.8 Å². The number of amides is 1. The molecule has 6 nitrogen and oxygen atoms in total. The highest BCUT2D eigenvalue weighted by molar-refractivity contribution is 7.92. The molecule has 1 amide bonds. The van der Waals surface area contributed by atoms with Gasteiger partial charge in [-0.2, -0.15) is 0 Å². The molecule has 0 aliphatic rings. The molecule has 0 fully saturated rings. The molecule has 3 aromatic carbocycles. The number of thiophene rings is 1. The first-order valence-electron chi connectivity index (χ1n) is 10.2. The van der Waals surface area contributed by atoms with Crippen LogP contribution in [0.15, 0.2) is 71.6 Å². The summed E-state index contributed by atoms with van der Waals surface area (Å²) in [6, 6.07) is 18.3. The Kier molecular flexibility index (Phi) is 7.04. The minimum atomic E-state index is -3.78. The zero-order chi connectivity index (χ0) is 24.5. The van der Waals surface area contributed by atoms with Crippen LogP contribution in [0.25, 0.3) is 10.1 Å². The summed E-state index contributed by atoms with van der Waals surface area (Å²) in [5, 5.41) is 4.14. The maximum absolute atomic E-state index is 13.3. The lowest BCUT2D eigenvalue weighted by Gasteiger charge is -2.23. The van der Waals surface area contributed by atoms with Gasteiger partial charge in [0.1, 0.15) is 5.75 Å². The van der Waals surface area contributed by atoms with Crippen molar-refractivity contribution in [1.29, 1.82) is 0 Å². The van der Waals surface area contributed by atoms with E-state index in [0.29, 0.717) is 27.0 Å². The summed E-state index contributed by atoms with van der Waals surface area (Å²) in [6.45, 7) is 2.01.